The molecule has 2 aromatic heterocycles. The topological polar surface area (TPSA) is 139 Å². The van der Waals surface area contributed by atoms with E-state index in [1.165, 1.54) is 46.9 Å². The number of hydrogen-bond acceptors (Lipinski definition) is 9. The Hall–Kier alpha value is -4.83. The standard InChI is InChI=1S/C35H41F2N7O6S/c1-6-22-20-23(40-31-32-39-21-26(43(32)15-13-38-31)24-10-11-27(49-5)30(37)29(24)36)9-12-28(22)51(47,48)42-18-16-41(17-19-42)33(45)25-8-7-14-44(25)34(46)50-35(2,3)4/h9-13,15,20-21,25H,6-8,14,16-19H2,1-5H3,(H,38,40)/t25-/m0/s1. The molecule has 0 saturated carbocycles. The third kappa shape index (κ3) is 7.06. The largest absolute Gasteiger partial charge is 0.494 e. The number of carbonyl (C=O) groups excluding carboxylic acids is 2. The van der Waals surface area contributed by atoms with Crippen LogP contribution in [-0.4, -0.2) is 100 Å². The van der Waals surface area contributed by atoms with Gasteiger partial charge in [0.15, 0.2) is 23.0 Å². The summed E-state index contributed by atoms with van der Waals surface area (Å²) in [5.41, 5.74) is 1.08. The number of anilines is 2. The number of sulfonamides is 1. The number of methoxy groups -OCH3 is 1. The van der Waals surface area contributed by atoms with Crippen LogP contribution in [0.15, 0.2) is 53.8 Å². The van der Waals surface area contributed by atoms with Crippen molar-refractivity contribution < 1.29 is 36.3 Å². The van der Waals surface area contributed by atoms with Crippen LogP contribution in [0.4, 0.5) is 25.1 Å². The number of hydrogen-bond donors (Lipinski definition) is 1. The maximum Gasteiger partial charge on any atom is 0.410 e. The molecule has 0 unspecified atom stereocenters. The molecule has 2 saturated heterocycles. The van der Waals surface area contributed by atoms with Crippen LogP contribution in [0.5, 0.6) is 5.75 Å². The molecule has 2 aliphatic rings. The summed E-state index contributed by atoms with van der Waals surface area (Å²) in [7, 11) is -2.65. The van der Waals surface area contributed by atoms with Crippen molar-refractivity contribution in [2.24, 2.45) is 0 Å². The molecule has 2 amide bonds. The maximum absolute atomic E-state index is 14.9. The molecular formula is C35H41F2N7O6S. The van der Waals surface area contributed by atoms with Gasteiger partial charge in [0.1, 0.15) is 11.6 Å². The Morgan fingerprint density at radius 1 is 1.02 bits per heavy atom. The molecule has 272 valence electrons. The van der Waals surface area contributed by atoms with Crippen LogP contribution in [0.2, 0.25) is 0 Å². The van der Waals surface area contributed by atoms with Crippen molar-refractivity contribution in [1.82, 2.24) is 28.5 Å². The lowest BCUT2D eigenvalue weighted by Crippen LogP contribution is -2.55. The SMILES string of the molecule is CCc1cc(Nc2nccn3c(-c4ccc(OC)c(F)c4F)cnc23)ccc1S(=O)(=O)N1CCN(C(=O)[C@@H]2CCCN2C(=O)OC(C)(C)C)CC1. The van der Waals surface area contributed by atoms with Crippen LogP contribution in [0, 0.1) is 11.6 Å². The summed E-state index contributed by atoms with van der Waals surface area (Å²) in [6.45, 7) is 8.25. The Bertz CT molecular complexity index is 2080. The summed E-state index contributed by atoms with van der Waals surface area (Å²) in [5, 5.41) is 3.19. The first-order chi connectivity index (χ1) is 24.2. The van der Waals surface area contributed by atoms with E-state index in [9.17, 15) is 26.8 Å². The van der Waals surface area contributed by atoms with Crippen molar-refractivity contribution in [3.63, 3.8) is 0 Å². The number of nitrogens with zero attached hydrogens (tertiary/aromatic N) is 6. The normalized spacial score (nSPS) is 17.2. The van der Waals surface area contributed by atoms with Crippen molar-refractivity contribution in [2.75, 3.05) is 45.2 Å². The van der Waals surface area contributed by atoms with E-state index in [2.05, 4.69) is 15.3 Å². The fraction of sp³-hybridized carbons (Fsp3) is 0.429. The predicted molar refractivity (Wildman–Crippen MR) is 185 cm³/mol. The first-order valence-electron chi connectivity index (χ1n) is 16.8. The molecular weight excluding hydrogens is 684 g/mol. The minimum Gasteiger partial charge on any atom is -0.494 e. The zero-order chi connectivity index (χ0) is 36.7. The number of piperazine rings is 1. The molecule has 1 atom stereocenters. The molecule has 0 radical (unpaired) electrons. The van der Waals surface area contributed by atoms with Crippen molar-refractivity contribution in [2.45, 2.75) is 63.5 Å². The molecule has 51 heavy (non-hydrogen) atoms. The van der Waals surface area contributed by atoms with Crippen LogP contribution in [0.25, 0.3) is 16.9 Å². The van der Waals surface area contributed by atoms with Gasteiger partial charge in [-0.15, -0.1) is 0 Å². The molecule has 2 fully saturated rings. The average molecular weight is 726 g/mol. The number of benzene rings is 2. The second-order valence-electron chi connectivity index (χ2n) is 13.4. The first-order valence-corrected chi connectivity index (χ1v) is 18.2. The highest BCUT2D eigenvalue weighted by atomic mass is 32.2. The van der Waals surface area contributed by atoms with E-state index < -0.39 is 39.4 Å². The number of imidazole rings is 1. The molecule has 4 aromatic rings. The van der Waals surface area contributed by atoms with Gasteiger partial charge in [0.25, 0.3) is 0 Å². The average Bonchev–Trinajstić information content (AvgIpc) is 3.77. The number of ether oxygens (including phenoxy) is 2. The van der Waals surface area contributed by atoms with Gasteiger partial charge in [-0.2, -0.15) is 8.70 Å². The highest BCUT2D eigenvalue weighted by Crippen LogP contribution is 2.33. The summed E-state index contributed by atoms with van der Waals surface area (Å²) in [4.78, 5) is 38.2. The van der Waals surface area contributed by atoms with E-state index in [4.69, 9.17) is 9.47 Å². The fourth-order valence-corrected chi connectivity index (χ4v) is 8.17. The number of amides is 2. The van der Waals surface area contributed by atoms with E-state index in [0.29, 0.717) is 54.2 Å². The zero-order valence-corrected chi connectivity index (χ0v) is 30.0. The number of fused-ring (bicyclic) bond motifs is 1. The summed E-state index contributed by atoms with van der Waals surface area (Å²) in [6.07, 6.45) is 5.60. The van der Waals surface area contributed by atoms with E-state index in [-0.39, 0.29) is 48.3 Å². The van der Waals surface area contributed by atoms with Gasteiger partial charge in [-0.05, 0) is 75.9 Å². The maximum atomic E-state index is 14.9. The van der Waals surface area contributed by atoms with Crippen molar-refractivity contribution in [1.29, 1.82) is 0 Å². The van der Waals surface area contributed by atoms with E-state index >= 15 is 0 Å². The Morgan fingerprint density at radius 2 is 1.76 bits per heavy atom. The minimum absolute atomic E-state index is 0.00714. The highest BCUT2D eigenvalue weighted by Gasteiger charge is 2.40. The molecule has 6 rings (SSSR count). The molecule has 4 heterocycles. The number of aromatic nitrogens is 3. The van der Waals surface area contributed by atoms with Crippen molar-refractivity contribution >= 4 is 39.2 Å². The molecule has 16 heteroatoms. The molecule has 2 aromatic carbocycles. The van der Waals surface area contributed by atoms with Crippen molar-refractivity contribution in [3.8, 4) is 17.0 Å². The molecule has 1 N–H and O–H groups in total. The van der Waals surface area contributed by atoms with Gasteiger partial charge in [0.2, 0.25) is 21.7 Å². The van der Waals surface area contributed by atoms with Crippen LogP contribution in [0.1, 0.15) is 46.1 Å². The summed E-state index contributed by atoms with van der Waals surface area (Å²) in [5.74, 6) is -2.26. The Morgan fingerprint density at radius 3 is 2.45 bits per heavy atom. The lowest BCUT2D eigenvalue weighted by atomic mass is 10.1. The highest BCUT2D eigenvalue weighted by molar-refractivity contribution is 7.89. The first kappa shape index (κ1) is 36.0. The van der Waals surface area contributed by atoms with Gasteiger partial charge in [-0.1, -0.05) is 6.92 Å². The van der Waals surface area contributed by atoms with Crippen molar-refractivity contribution in [3.05, 3.63) is 66.1 Å². The quantitative estimate of drug-likeness (QED) is 0.259. The van der Waals surface area contributed by atoms with Gasteiger partial charge < -0.3 is 19.7 Å². The number of aryl methyl sites for hydroxylation is 1. The molecule has 0 aliphatic carbocycles. The monoisotopic (exact) mass is 725 g/mol. The summed E-state index contributed by atoms with van der Waals surface area (Å²) >= 11 is 0. The van der Waals surface area contributed by atoms with E-state index in [1.54, 1.807) is 48.4 Å². The Balaban J connectivity index is 1.16. The van der Waals surface area contributed by atoms with Gasteiger partial charge in [-0.3, -0.25) is 14.1 Å². The molecule has 13 nitrogen and oxygen atoms in total. The predicted octanol–water partition coefficient (Wildman–Crippen LogP) is 5.22. The fourth-order valence-electron chi connectivity index (χ4n) is 6.48. The third-order valence-electron chi connectivity index (χ3n) is 9.01. The second kappa shape index (κ2) is 14.1. The molecule has 0 bridgehead atoms. The summed E-state index contributed by atoms with van der Waals surface area (Å²) < 4.78 is 70.5. The lowest BCUT2D eigenvalue weighted by molar-refractivity contribution is -0.137. The summed E-state index contributed by atoms with van der Waals surface area (Å²) in [6, 6.07) is 7.02. The molecule has 2 aliphatic heterocycles. The van der Waals surface area contributed by atoms with E-state index in [0.717, 1.165) is 0 Å². The van der Waals surface area contributed by atoms with Crippen LogP contribution < -0.4 is 10.1 Å². The number of likely N-dealkylation sites (tertiary alicyclic amines) is 1. The number of carbonyl (C=O) groups is 2. The lowest BCUT2D eigenvalue weighted by Gasteiger charge is -2.37. The second-order valence-corrected chi connectivity index (χ2v) is 15.3. The Kier molecular flexibility index (Phi) is 9.92. The number of rotatable bonds is 8. The van der Waals surface area contributed by atoms with Crippen LogP contribution in [-0.2, 0) is 26.0 Å². The Labute approximate surface area is 295 Å². The zero-order valence-electron chi connectivity index (χ0n) is 29.1. The van der Waals surface area contributed by atoms with E-state index in [1.807, 2.05) is 6.92 Å². The third-order valence-corrected chi connectivity index (χ3v) is 11.0. The van der Waals surface area contributed by atoms with Gasteiger partial charge >= 0.3 is 6.09 Å². The number of halogens is 2. The molecule has 0 spiro atoms. The van der Waals surface area contributed by atoms with Gasteiger partial charge in [-0.25, -0.2) is 27.6 Å². The minimum atomic E-state index is -3.91. The smallest absolute Gasteiger partial charge is 0.410 e. The van der Waals surface area contributed by atoms with Crippen LogP contribution in [0.3, 0.4) is 0 Å². The van der Waals surface area contributed by atoms with Gasteiger partial charge in [0.05, 0.1) is 23.9 Å². The number of nitrogens with one attached hydrogen (secondary N) is 1. The van der Waals surface area contributed by atoms with Gasteiger partial charge in [0, 0.05) is 56.4 Å². The van der Waals surface area contributed by atoms with Crippen LogP contribution >= 0.6 is 0 Å².